The first-order valence-electron chi connectivity index (χ1n) is 6.06. The zero-order valence-corrected chi connectivity index (χ0v) is 11.6. The molecule has 0 bridgehead atoms. The molecule has 1 fully saturated rings. The molecule has 4 nitrogen and oxygen atoms in total. The Morgan fingerprint density at radius 1 is 1.11 bits per heavy atom. The van der Waals surface area contributed by atoms with Crippen LogP contribution in [0, 0.1) is 0 Å². The molecular formula is C13H20BNO3. The maximum absolute atomic E-state index is 6.01. The molecule has 1 aliphatic heterocycles. The van der Waals surface area contributed by atoms with Crippen LogP contribution in [-0.2, 0) is 9.31 Å². The minimum absolute atomic E-state index is 0.384. The number of anilines is 1. The van der Waals surface area contributed by atoms with E-state index in [1.165, 1.54) is 0 Å². The van der Waals surface area contributed by atoms with Gasteiger partial charge in [0.25, 0.3) is 0 Å². The van der Waals surface area contributed by atoms with Crippen molar-refractivity contribution in [3.63, 3.8) is 0 Å². The summed E-state index contributed by atoms with van der Waals surface area (Å²) in [7, 11) is 1.12. The van der Waals surface area contributed by atoms with Gasteiger partial charge in [-0.25, -0.2) is 0 Å². The van der Waals surface area contributed by atoms with Gasteiger partial charge in [0.15, 0.2) is 0 Å². The maximum atomic E-state index is 6.01. The zero-order chi connectivity index (χ0) is 13.6. The van der Waals surface area contributed by atoms with E-state index in [-0.39, 0.29) is 11.2 Å². The van der Waals surface area contributed by atoms with Crippen LogP contribution >= 0.6 is 0 Å². The van der Waals surface area contributed by atoms with Crippen molar-refractivity contribution in [1.29, 1.82) is 0 Å². The Morgan fingerprint density at radius 2 is 1.67 bits per heavy atom. The molecule has 2 N–H and O–H groups in total. The largest absolute Gasteiger partial charge is 0.500 e. The first kappa shape index (κ1) is 13.2. The van der Waals surface area contributed by atoms with Crippen molar-refractivity contribution in [2.75, 3.05) is 12.8 Å². The second-order valence-electron chi connectivity index (χ2n) is 5.55. The quantitative estimate of drug-likeness (QED) is 0.638. The Bertz CT molecular complexity index is 444. The molecule has 0 spiro atoms. The normalized spacial score (nSPS) is 21.1. The Hall–Kier alpha value is -1.20. The lowest BCUT2D eigenvalue weighted by molar-refractivity contribution is 0.00578. The van der Waals surface area contributed by atoms with Crippen LogP contribution in [0.5, 0.6) is 5.75 Å². The molecule has 0 aliphatic carbocycles. The number of benzene rings is 1. The molecule has 18 heavy (non-hydrogen) atoms. The van der Waals surface area contributed by atoms with Gasteiger partial charge in [0.1, 0.15) is 5.75 Å². The smallest absolute Gasteiger partial charge is 0.497 e. The van der Waals surface area contributed by atoms with Crippen molar-refractivity contribution < 1.29 is 14.0 Å². The van der Waals surface area contributed by atoms with Crippen LogP contribution in [-0.4, -0.2) is 25.4 Å². The molecule has 2 rings (SSSR count). The minimum Gasteiger partial charge on any atom is -0.497 e. The number of nitrogen functional groups attached to an aromatic ring is 1. The summed E-state index contributed by atoms with van der Waals surface area (Å²) >= 11 is 0. The average molecular weight is 249 g/mol. The second-order valence-corrected chi connectivity index (χ2v) is 5.55. The SMILES string of the molecule is COc1cccc(N)c1B1OC(C)(C)C(C)(C)O1. The summed E-state index contributed by atoms with van der Waals surface area (Å²) in [6.07, 6.45) is 0. The van der Waals surface area contributed by atoms with Crippen LogP contribution in [0.3, 0.4) is 0 Å². The average Bonchev–Trinajstić information content (AvgIpc) is 2.47. The van der Waals surface area contributed by atoms with E-state index in [2.05, 4.69) is 0 Å². The highest BCUT2D eigenvalue weighted by atomic mass is 16.7. The van der Waals surface area contributed by atoms with Crippen LogP contribution in [0.25, 0.3) is 0 Å². The van der Waals surface area contributed by atoms with Gasteiger partial charge in [-0.3, -0.25) is 0 Å². The standard InChI is InChI=1S/C13H20BNO3/c1-12(2)13(3,4)18-14(17-12)11-9(15)7-6-8-10(11)16-5/h6-8H,15H2,1-5H3. The minimum atomic E-state index is -0.494. The van der Waals surface area contributed by atoms with Crippen molar-refractivity contribution in [3.8, 4) is 5.75 Å². The lowest BCUT2D eigenvalue weighted by atomic mass is 9.77. The lowest BCUT2D eigenvalue weighted by Gasteiger charge is -2.32. The Labute approximate surface area is 109 Å². The predicted molar refractivity (Wildman–Crippen MR) is 73.1 cm³/mol. The summed E-state index contributed by atoms with van der Waals surface area (Å²) in [5.74, 6) is 0.688. The number of nitrogens with two attached hydrogens (primary N) is 1. The van der Waals surface area contributed by atoms with Crippen LogP contribution in [0.2, 0.25) is 0 Å². The molecule has 1 heterocycles. The Balaban J connectivity index is 2.41. The third-order valence-electron chi connectivity index (χ3n) is 3.81. The van der Waals surface area contributed by atoms with Gasteiger partial charge in [0.05, 0.1) is 18.3 Å². The third-order valence-corrected chi connectivity index (χ3v) is 3.81. The molecule has 1 saturated heterocycles. The highest BCUT2D eigenvalue weighted by molar-refractivity contribution is 6.65. The van der Waals surface area contributed by atoms with Crippen LogP contribution in [0.4, 0.5) is 5.69 Å². The number of ether oxygens (including phenoxy) is 1. The fourth-order valence-electron chi connectivity index (χ4n) is 1.95. The van der Waals surface area contributed by atoms with Crippen molar-refractivity contribution in [3.05, 3.63) is 18.2 Å². The molecule has 98 valence electrons. The van der Waals surface area contributed by atoms with E-state index in [9.17, 15) is 0 Å². The summed E-state index contributed by atoms with van der Waals surface area (Å²) < 4.78 is 17.3. The first-order chi connectivity index (χ1) is 8.28. The molecule has 1 aromatic rings. The number of hydrogen-bond donors (Lipinski definition) is 1. The molecule has 0 unspecified atom stereocenters. The molecule has 1 aromatic carbocycles. The van der Waals surface area contributed by atoms with Gasteiger partial charge >= 0.3 is 7.12 Å². The van der Waals surface area contributed by atoms with Gasteiger partial charge in [-0.15, -0.1) is 0 Å². The molecule has 5 heteroatoms. The lowest BCUT2D eigenvalue weighted by Crippen LogP contribution is -2.41. The first-order valence-corrected chi connectivity index (χ1v) is 6.06. The van der Waals surface area contributed by atoms with Gasteiger partial charge < -0.3 is 19.8 Å². The highest BCUT2D eigenvalue weighted by Gasteiger charge is 2.53. The summed E-state index contributed by atoms with van der Waals surface area (Å²) in [6, 6.07) is 5.53. The van der Waals surface area contributed by atoms with Crippen LogP contribution in [0.1, 0.15) is 27.7 Å². The van der Waals surface area contributed by atoms with E-state index in [1.54, 1.807) is 7.11 Å². The van der Waals surface area contributed by atoms with Gasteiger partial charge in [-0.1, -0.05) is 6.07 Å². The maximum Gasteiger partial charge on any atom is 0.500 e. The monoisotopic (exact) mass is 249 g/mol. The van der Waals surface area contributed by atoms with Gasteiger partial charge in [-0.05, 0) is 39.8 Å². The molecule has 0 aromatic heterocycles. The molecule has 0 amide bonds. The van der Waals surface area contributed by atoms with Crippen molar-refractivity contribution in [2.45, 2.75) is 38.9 Å². The van der Waals surface area contributed by atoms with Crippen molar-refractivity contribution >= 4 is 18.3 Å². The summed E-state index contributed by atoms with van der Waals surface area (Å²) in [6.45, 7) is 8.05. The predicted octanol–water partition coefficient (Wildman–Crippen LogP) is 1.58. The summed E-state index contributed by atoms with van der Waals surface area (Å²) in [5, 5.41) is 0. The molecular weight excluding hydrogens is 229 g/mol. The fourth-order valence-corrected chi connectivity index (χ4v) is 1.95. The van der Waals surface area contributed by atoms with E-state index in [4.69, 9.17) is 19.8 Å². The van der Waals surface area contributed by atoms with Gasteiger partial charge in [-0.2, -0.15) is 0 Å². The number of rotatable bonds is 2. The zero-order valence-electron chi connectivity index (χ0n) is 11.6. The highest BCUT2D eigenvalue weighted by Crippen LogP contribution is 2.37. The van der Waals surface area contributed by atoms with Crippen molar-refractivity contribution in [1.82, 2.24) is 0 Å². The van der Waals surface area contributed by atoms with E-state index in [1.807, 2.05) is 45.9 Å². The Kier molecular flexibility index (Phi) is 3.07. The van der Waals surface area contributed by atoms with E-state index >= 15 is 0 Å². The van der Waals surface area contributed by atoms with Crippen LogP contribution in [0.15, 0.2) is 18.2 Å². The molecule has 1 aliphatic rings. The second kappa shape index (κ2) is 4.18. The third kappa shape index (κ3) is 1.97. The Morgan fingerprint density at radius 3 is 2.17 bits per heavy atom. The molecule has 0 atom stereocenters. The van der Waals surface area contributed by atoms with Crippen molar-refractivity contribution in [2.24, 2.45) is 0 Å². The van der Waals surface area contributed by atoms with E-state index < -0.39 is 7.12 Å². The fraction of sp³-hybridized carbons (Fsp3) is 0.538. The van der Waals surface area contributed by atoms with E-state index in [0.717, 1.165) is 5.46 Å². The van der Waals surface area contributed by atoms with Gasteiger partial charge in [0.2, 0.25) is 0 Å². The number of methoxy groups -OCH3 is 1. The van der Waals surface area contributed by atoms with Gasteiger partial charge in [0, 0.05) is 11.2 Å². The topological polar surface area (TPSA) is 53.7 Å². The van der Waals surface area contributed by atoms with E-state index in [0.29, 0.717) is 11.4 Å². The molecule has 0 saturated carbocycles. The molecule has 0 radical (unpaired) electrons. The number of hydrogen-bond acceptors (Lipinski definition) is 4. The summed E-state index contributed by atoms with van der Waals surface area (Å²) in [4.78, 5) is 0. The van der Waals surface area contributed by atoms with Crippen LogP contribution < -0.4 is 15.9 Å². The summed E-state index contributed by atoms with van der Waals surface area (Å²) in [5.41, 5.74) is 6.63.